The lowest BCUT2D eigenvalue weighted by molar-refractivity contribution is 1.42. The third-order valence-corrected chi connectivity index (χ3v) is 3.37. The van der Waals surface area contributed by atoms with Crippen LogP contribution in [0.1, 0.15) is 11.1 Å². The zero-order valence-electron chi connectivity index (χ0n) is 10.6. The molecule has 0 aliphatic rings. The highest BCUT2D eigenvalue weighted by Crippen LogP contribution is 2.27. The van der Waals surface area contributed by atoms with Crippen molar-refractivity contribution < 1.29 is 0 Å². The fourth-order valence-corrected chi connectivity index (χ4v) is 2.20. The molecular formula is C16H16N2. The number of aryl methyl sites for hydroxylation is 2. The number of anilines is 1. The van der Waals surface area contributed by atoms with Crippen LogP contribution in [0.3, 0.4) is 0 Å². The van der Waals surface area contributed by atoms with Gasteiger partial charge in [-0.1, -0.05) is 29.8 Å². The van der Waals surface area contributed by atoms with Gasteiger partial charge in [0.25, 0.3) is 0 Å². The van der Waals surface area contributed by atoms with Gasteiger partial charge in [-0.3, -0.25) is 0 Å². The minimum atomic E-state index is 0.833. The summed E-state index contributed by atoms with van der Waals surface area (Å²) in [6, 6.07) is 14.8. The molecule has 3 N–H and O–H groups in total. The highest BCUT2D eigenvalue weighted by Gasteiger charge is 2.05. The summed E-state index contributed by atoms with van der Waals surface area (Å²) in [5.74, 6) is 0. The third kappa shape index (κ3) is 1.76. The van der Waals surface area contributed by atoms with E-state index in [2.05, 4.69) is 48.3 Å². The molecule has 0 saturated carbocycles. The normalized spacial score (nSPS) is 11.0. The second-order valence-electron chi connectivity index (χ2n) is 4.85. The Bertz CT molecular complexity index is 667. The van der Waals surface area contributed by atoms with Crippen molar-refractivity contribution >= 4 is 16.6 Å². The van der Waals surface area contributed by atoms with Crippen LogP contribution in [-0.2, 0) is 0 Å². The molecule has 0 atom stereocenters. The fourth-order valence-electron chi connectivity index (χ4n) is 2.20. The van der Waals surface area contributed by atoms with Gasteiger partial charge >= 0.3 is 0 Å². The van der Waals surface area contributed by atoms with Gasteiger partial charge in [0.05, 0.1) is 0 Å². The average molecular weight is 236 g/mol. The van der Waals surface area contributed by atoms with E-state index in [0.29, 0.717) is 0 Å². The van der Waals surface area contributed by atoms with E-state index in [1.807, 2.05) is 13.0 Å². The number of nitrogen functional groups attached to an aromatic ring is 1. The van der Waals surface area contributed by atoms with Gasteiger partial charge in [0.1, 0.15) is 0 Å². The Morgan fingerprint density at radius 2 is 1.67 bits per heavy atom. The Morgan fingerprint density at radius 1 is 0.944 bits per heavy atom. The molecule has 0 aliphatic heterocycles. The summed E-state index contributed by atoms with van der Waals surface area (Å²) < 4.78 is 0. The van der Waals surface area contributed by atoms with Crippen molar-refractivity contribution in [3.8, 4) is 11.3 Å². The molecule has 3 rings (SSSR count). The quantitative estimate of drug-likeness (QED) is 0.615. The van der Waals surface area contributed by atoms with E-state index in [-0.39, 0.29) is 0 Å². The van der Waals surface area contributed by atoms with E-state index in [9.17, 15) is 0 Å². The lowest BCUT2D eigenvalue weighted by Crippen LogP contribution is -1.88. The standard InChI is InChI=1S/C16H16N2/c1-10-3-5-12(6-4-10)15-8-13-7-11(2)14(17)9-16(13)18-15/h3-9,18H,17H2,1-2H3. The molecule has 2 nitrogen and oxygen atoms in total. The first kappa shape index (κ1) is 10.9. The van der Waals surface area contributed by atoms with Gasteiger partial charge in [-0.15, -0.1) is 0 Å². The summed E-state index contributed by atoms with van der Waals surface area (Å²) in [4.78, 5) is 3.42. The number of rotatable bonds is 1. The Labute approximate surface area is 106 Å². The molecule has 0 aliphatic carbocycles. The average Bonchev–Trinajstić information content (AvgIpc) is 2.73. The number of nitrogens with one attached hydrogen (secondary N) is 1. The molecule has 0 unspecified atom stereocenters. The van der Waals surface area contributed by atoms with Crippen LogP contribution in [0.25, 0.3) is 22.2 Å². The number of hydrogen-bond acceptors (Lipinski definition) is 1. The highest BCUT2D eigenvalue weighted by molar-refractivity contribution is 5.89. The molecule has 0 fully saturated rings. The molecule has 2 heteroatoms. The maximum Gasteiger partial charge on any atom is 0.0479 e. The largest absolute Gasteiger partial charge is 0.398 e. The lowest BCUT2D eigenvalue weighted by Gasteiger charge is -1.99. The molecule has 2 aromatic carbocycles. The van der Waals surface area contributed by atoms with Crippen LogP contribution >= 0.6 is 0 Å². The molecule has 0 saturated heterocycles. The Morgan fingerprint density at radius 3 is 2.39 bits per heavy atom. The second kappa shape index (κ2) is 3.91. The topological polar surface area (TPSA) is 41.8 Å². The van der Waals surface area contributed by atoms with Crippen molar-refractivity contribution in [1.29, 1.82) is 0 Å². The predicted octanol–water partition coefficient (Wildman–Crippen LogP) is 4.03. The number of hydrogen-bond donors (Lipinski definition) is 2. The minimum absolute atomic E-state index is 0.833. The monoisotopic (exact) mass is 236 g/mol. The molecule has 90 valence electrons. The van der Waals surface area contributed by atoms with Crippen LogP contribution in [-0.4, -0.2) is 4.98 Å². The van der Waals surface area contributed by atoms with Gasteiger partial charge in [-0.05, 0) is 43.2 Å². The number of fused-ring (bicyclic) bond motifs is 1. The Hall–Kier alpha value is -2.22. The van der Waals surface area contributed by atoms with Crippen molar-refractivity contribution in [2.45, 2.75) is 13.8 Å². The van der Waals surface area contributed by atoms with E-state index in [1.54, 1.807) is 0 Å². The van der Waals surface area contributed by atoms with Crippen LogP contribution in [0.4, 0.5) is 5.69 Å². The molecule has 0 spiro atoms. The van der Waals surface area contributed by atoms with E-state index >= 15 is 0 Å². The lowest BCUT2D eigenvalue weighted by atomic mass is 10.1. The van der Waals surface area contributed by atoms with E-state index in [1.165, 1.54) is 16.5 Å². The van der Waals surface area contributed by atoms with Gasteiger partial charge in [0, 0.05) is 22.3 Å². The first-order valence-corrected chi connectivity index (χ1v) is 6.09. The minimum Gasteiger partial charge on any atom is -0.398 e. The fraction of sp³-hybridized carbons (Fsp3) is 0.125. The smallest absolute Gasteiger partial charge is 0.0479 e. The first-order valence-electron chi connectivity index (χ1n) is 6.09. The Balaban J connectivity index is 2.16. The molecule has 0 bridgehead atoms. The van der Waals surface area contributed by atoms with Gasteiger partial charge < -0.3 is 10.7 Å². The van der Waals surface area contributed by atoms with E-state index in [4.69, 9.17) is 5.73 Å². The Kier molecular flexibility index (Phi) is 2.37. The molecule has 1 heterocycles. The maximum absolute atomic E-state index is 5.93. The van der Waals surface area contributed by atoms with E-state index < -0.39 is 0 Å². The van der Waals surface area contributed by atoms with Gasteiger partial charge in [-0.25, -0.2) is 0 Å². The van der Waals surface area contributed by atoms with Crippen LogP contribution in [0.15, 0.2) is 42.5 Å². The zero-order chi connectivity index (χ0) is 12.7. The van der Waals surface area contributed by atoms with Crippen molar-refractivity contribution in [2.24, 2.45) is 0 Å². The molecule has 0 radical (unpaired) electrons. The summed E-state index contributed by atoms with van der Waals surface area (Å²) in [5.41, 5.74) is 12.6. The summed E-state index contributed by atoms with van der Waals surface area (Å²) in [7, 11) is 0. The SMILES string of the molecule is Cc1ccc(-c2cc3cc(C)c(N)cc3[nH]2)cc1. The highest BCUT2D eigenvalue weighted by atomic mass is 14.7. The molecule has 0 amide bonds. The van der Waals surface area contributed by atoms with E-state index in [0.717, 1.165) is 22.5 Å². The number of H-pyrrole nitrogens is 1. The van der Waals surface area contributed by atoms with Crippen molar-refractivity contribution in [3.63, 3.8) is 0 Å². The predicted molar refractivity (Wildman–Crippen MR) is 77.6 cm³/mol. The molecule has 3 aromatic rings. The summed E-state index contributed by atoms with van der Waals surface area (Å²) in [5, 5.41) is 1.21. The van der Waals surface area contributed by atoms with Gasteiger partial charge in [-0.2, -0.15) is 0 Å². The van der Waals surface area contributed by atoms with Crippen LogP contribution in [0.2, 0.25) is 0 Å². The van der Waals surface area contributed by atoms with Crippen molar-refractivity contribution in [1.82, 2.24) is 4.98 Å². The zero-order valence-corrected chi connectivity index (χ0v) is 10.6. The molecular weight excluding hydrogens is 220 g/mol. The second-order valence-corrected chi connectivity index (χ2v) is 4.85. The number of nitrogens with two attached hydrogens (primary N) is 1. The molecule has 1 aromatic heterocycles. The van der Waals surface area contributed by atoms with Gasteiger partial charge in [0.2, 0.25) is 0 Å². The van der Waals surface area contributed by atoms with Crippen molar-refractivity contribution in [3.05, 3.63) is 53.6 Å². The molecule has 18 heavy (non-hydrogen) atoms. The van der Waals surface area contributed by atoms with Gasteiger partial charge in [0.15, 0.2) is 0 Å². The summed E-state index contributed by atoms with van der Waals surface area (Å²) in [6.07, 6.45) is 0. The van der Waals surface area contributed by atoms with Crippen LogP contribution < -0.4 is 5.73 Å². The maximum atomic E-state index is 5.93. The number of aromatic nitrogens is 1. The van der Waals surface area contributed by atoms with Crippen molar-refractivity contribution in [2.75, 3.05) is 5.73 Å². The van der Waals surface area contributed by atoms with Crippen LogP contribution in [0.5, 0.6) is 0 Å². The van der Waals surface area contributed by atoms with Crippen LogP contribution in [0, 0.1) is 13.8 Å². The summed E-state index contributed by atoms with van der Waals surface area (Å²) in [6.45, 7) is 4.13. The number of aromatic amines is 1. The third-order valence-electron chi connectivity index (χ3n) is 3.37. The number of benzene rings is 2. The first-order chi connectivity index (χ1) is 8.63. The summed E-state index contributed by atoms with van der Waals surface area (Å²) >= 11 is 0.